The summed E-state index contributed by atoms with van der Waals surface area (Å²) < 4.78 is 5.96. The third kappa shape index (κ3) is 8.94. The topological polar surface area (TPSA) is 91.4 Å². The number of carboxylic acids is 2. The van der Waals surface area contributed by atoms with E-state index in [0.717, 1.165) is 28.2 Å². The molecule has 0 spiro atoms. The second-order valence-electron chi connectivity index (χ2n) is 9.73. The lowest BCUT2D eigenvalue weighted by Gasteiger charge is -2.25. The summed E-state index contributed by atoms with van der Waals surface area (Å²) in [5, 5.41) is 18.1. The molecule has 0 saturated heterocycles. The first-order valence-corrected chi connectivity index (χ1v) is 13.9. The average molecular weight is 573 g/mol. The van der Waals surface area contributed by atoms with Gasteiger partial charge in [-0.15, -0.1) is 0 Å². The van der Waals surface area contributed by atoms with Crippen LogP contribution in [0.2, 0.25) is 0 Å². The standard InChI is InChI=1S/C36H32N2O5/c1-37-33(36(41)42)26-29-21-18-28(25-34(29)43-24-10-4-9-15-35(39)40)17-16-27-19-22-32(23-20-27)38(30-11-5-2-6-12-30)31-13-7-3-8-14-31/h2-3,5-8,11-14,16-23,25-26H,4,9-10,15,24H2,(H,39,40)(H,41,42)/b17-16+,33-26-. The molecule has 0 aliphatic heterocycles. The first-order chi connectivity index (χ1) is 20.9. The van der Waals surface area contributed by atoms with Crippen LogP contribution >= 0.6 is 0 Å². The molecule has 0 aromatic heterocycles. The van der Waals surface area contributed by atoms with Crippen molar-refractivity contribution in [2.75, 3.05) is 11.5 Å². The summed E-state index contributed by atoms with van der Waals surface area (Å²) in [7, 11) is 0. The number of aliphatic carboxylic acids is 2. The monoisotopic (exact) mass is 572 g/mol. The molecule has 4 aromatic rings. The molecule has 0 unspecified atom stereocenters. The molecule has 43 heavy (non-hydrogen) atoms. The van der Waals surface area contributed by atoms with Gasteiger partial charge in [-0.25, -0.2) is 4.85 Å². The van der Waals surface area contributed by atoms with Crippen molar-refractivity contribution in [1.82, 2.24) is 0 Å². The summed E-state index contributed by atoms with van der Waals surface area (Å²) in [6.45, 7) is 7.52. The zero-order valence-corrected chi connectivity index (χ0v) is 23.6. The van der Waals surface area contributed by atoms with E-state index >= 15 is 0 Å². The molecule has 4 rings (SSSR count). The Bertz CT molecular complexity index is 1580. The van der Waals surface area contributed by atoms with E-state index in [1.807, 2.05) is 72.8 Å². The minimum absolute atomic E-state index is 0.110. The molecule has 0 atom stereocenters. The van der Waals surface area contributed by atoms with Crippen molar-refractivity contribution in [3.8, 4) is 5.75 Å². The van der Waals surface area contributed by atoms with Crippen molar-refractivity contribution in [2.24, 2.45) is 0 Å². The van der Waals surface area contributed by atoms with Gasteiger partial charge < -0.3 is 19.8 Å². The van der Waals surface area contributed by atoms with E-state index in [0.29, 0.717) is 37.2 Å². The van der Waals surface area contributed by atoms with Crippen molar-refractivity contribution in [1.29, 1.82) is 0 Å². The van der Waals surface area contributed by atoms with Gasteiger partial charge in [-0.2, -0.15) is 0 Å². The van der Waals surface area contributed by atoms with Gasteiger partial charge in [0.15, 0.2) is 0 Å². The predicted octanol–water partition coefficient (Wildman–Crippen LogP) is 8.70. The van der Waals surface area contributed by atoms with Crippen LogP contribution in [0.3, 0.4) is 0 Å². The van der Waals surface area contributed by atoms with Gasteiger partial charge in [-0.3, -0.25) is 9.59 Å². The molecular weight excluding hydrogens is 540 g/mol. The summed E-state index contributed by atoms with van der Waals surface area (Å²) >= 11 is 0. The molecule has 2 N–H and O–H groups in total. The average Bonchev–Trinajstić information content (AvgIpc) is 3.02. The van der Waals surface area contributed by atoms with Crippen LogP contribution < -0.4 is 9.64 Å². The molecule has 0 aliphatic carbocycles. The Labute approximate surface area is 251 Å². The number of hydrogen-bond donors (Lipinski definition) is 2. The predicted molar refractivity (Wildman–Crippen MR) is 170 cm³/mol. The summed E-state index contributed by atoms with van der Waals surface area (Å²) in [6, 6.07) is 34.0. The van der Waals surface area contributed by atoms with Crippen LogP contribution in [-0.4, -0.2) is 28.8 Å². The third-order valence-corrected chi connectivity index (χ3v) is 6.61. The van der Waals surface area contributed by atoms with Gasteiger partial charge in [0.1, 0.15) is 5.75 Å². The van der Waals surface area contributed by atoms with Crippen molar-refractivity contribution in [2.45, 2.75) is 25.7 Å². The van der Waals surface area contributed by atoms with Gasteiger partial charge in [0, 0.05) is 29.0 Å². The summed E-state index contributed by atoms with van der Waals surface area (Å²) in [5.41, 5.74) is 5.07. The Balaban J connectivity index is 1.53. The summed E-state index contributed by atoms with van der Waals surface area (Å²) in [4.78, 5) is 27.4. The Kier molecular flexibility index (Phi) is 10.9. The van der Waals surface area contributed by atoms with E-state index in [2.05, 4.69) is 46.1 Å². The number of unbranched alkanes of at least 4 members (excludes halogenated alkanes) is 2. The lowest BCUT2D eigenvalue weighted by molar-refractivity contribution is -0.137. The van der Waals surface area contributed by atoms with E-state index in [9.17, 15) is 14.7 Å². The Morgan fingerprint density at radius 3 is 1.91 bits per heavy atom. The van der Waals surface area contributed by atoms with Gasteiger partial charge in [-0.05, 0) is 78.9 Å². The number of ether oxygens (including phenoxy) is 1. The van der Waals surface area contributed by atoms with Gasteiger partial charge >= 0.3 is 11.9 Å². The molecule has 216 valence electrons. The molecule has 0 saturated carbocycles. The Morgan fingerprint density at radius 1 is 0.744 bits per heavy atom. The molecule has 7 nitrogen and oxygen atoms in total. The summed E-state index contributed by atoms with van der Waals surface area (Å²) in [6.07, 6.45) is 7.25. The number of para-hydroxylation sites is 2. The number of hydrogen-bond acceptors (Lipinski definition) is 4. The van der Waals surface area contributed by atoms with Crippen molar-refractivity contribution in [3.05, 3.63) is 137 Å². The molecular formula is C36H32N2O5. The maximum atomic E-state index is 11.4. The second-order valence-corrected chi connectivity index (χ2v) is 9.73. The van der Waals surface area contributed by atoms with Crippen LogP contribution in [0.25, 0.3) is 23.1 Å². The molecule has 0 amide bonds. The van der Waals surface area contributed by atoms with Crippen LogP contribution in [0.5, 0.6) is 5.75 Å². The minimum Gasteiger partial charge on any atom is -0.493 e. The zero-order chi connectivity index (χ0) is 30.4. The highest BCUT2D eigenvalue weighted by Crippen LogP contribution is 2.34. The van der Waals surface area contributed by atoms with Crippen molar-refractivity contribution in [3.63, 3.8) is 0 Å². The molecule has 7 heteroatoms. The van der Waals surface area contributed by atoms with Crippen LogP contribution in [0.4, 0.5) is 17.1 Å². The quantitative estimate of drug-likeness (QED) is 0.0680. The number of carbonyl (C=O) groups is 2. The van der Waals surface area contributed by atoms with Gasteiger partial charge in [0.05, 0.1) is 13.2 Å². The lowest BCUT2D eigenvalue weighted by atomic mass is 10.1. The normalized spacial score (nSPS) is 11.2. The van der Waals surface area contributed by atoms with Gasteiger partial charge in [0.25, 0.3) is 5.70 Å². The fourth-order valence-electron chi connectivity index (χ4n) is 4.45. The molecule has 0 bridgehead atoms. The molecule has 0 fully saturated rings. The number of nitrogens with zero attached hydrogens (tertiary/aromatic N) is 2. The number of benzene rings is 4. The Hall–Kier alpha value is -5.61. The number of rotatable bonds is 14. The van der Waals surface area contributed by atoms with E-state index in [1.165, 1.54) is 6.08 Å². The highest BCUT2D eigenvalue weighted by molar-refractivity contribution is 5.94. The maximum absolute atomic E-state index is 11.4. The molecule has 0 heterocycles. The largest absolute Gasteiger partial charge is 0.493 e. The van der Waals surface area contributed by atoms with Crippen LogP contribution in [-0.2, 0) is 9.59 Å². The first-order valence-electron chi connectivity index (χ1n) is 13.9. The van der Waals surface area contributed by atoms with Gasteiger partial charge in [0.2, 0.25) is 0 Å². The van der Waals surface area contributed by atoms with E-state index in [-0.39, 0.29) is 6.42 Å². The maximum Gasteiger partial charge on any atom is 0.333 e. The van der Waals surface area contributed by atoms with Crippen molar-refractivity contribution >= 4 is 47.2 Å². The minimum atomic E-state index is -1.31. The number of carboxylic acid groups (broad SMARTS) is 2. The second kappa shape index (κ2) is 15.4. The lowest BCUT2D eigenvalue weighted by Crippen LogP contribution is -2.09. The van der Waals surface area contributed by atoms with Crippen LogP contribution in [0, 0.1) is 6.57 Å². The molecule has 4 aromatic carbocycles. The van der Waals surface area contributed by atoms with Gasteiger partial charge in [-0.1, -0.05) is 72.8 Å². The van der Waals surface area contributed by atoms with Crippen LogP contribution in [0.1, 0.15) is 42.4 Å². The Morgan fingerprint density at radius 2 is 1.33 bits per heavy atom. The fourth-order valence-corrected chi connectivity index (χ4v) is 4.45. The zero-order valence-electron chi connectivity index (χ0n) is 23.6. The fraction of sp³-hybridized carbons (Fsp3) is 0.139. The first kappa shape index (κ1) is 30.4. The smallest absolute Gasteiger partial charge is 0.333 e. The highest BCUT2D eigenvalue weighted by atomic mass is 16.5. The van der Waals surface area contributed by atoms with E-state index in [4.69, 9.17) is 16.4 Å². The van der Waals surface area contributed by atoms with Crippen molar-refractivity contribution < 1.29 is 24.5 Å². The van der Waals surface area contributed by atoms with Crippen LogP contribution in [0.15, 0.2) is 109 Å². The third-order valence-electron chi connectivity index (χ3n) is 6.61. The molecule has 0 aliphatic rings. The summed E-state index contributed by atoms with van der Waals surface area (Å²) in [5.74, 6) is -1.67. The SMILES string of the molecule is [C-]#[N+]/C(=C\c1ccc(/C=C/c2ccc(N(c3ccccc3)c3ccccc3)cc2)cc1OCCCCCC(=O)O)C(=O)O. The number of anilines is 3. The molecule has 0 radical (unpaired) electrons. The highest BCUT2D eigenvalue weighted by Gasteiger charge is 2.12. The van der Waals surface area contributed by atoms with E-state index < -0.39 is 17.6 Å². The van der Waals surface area contributed by atoms with E-state index in [1.54, 1.807) is 6.07 Å².